The molecule has 0 amide bonds. The van der Waals surface area contributed by atoms with Gasteiger partial charge in [0.25, 0.3) is 0 Å². The zero-order valence-corrected chi connectivity index (χ0v) is 14.0. The molecule has 0 aliphatic heterocycles. The van der Waals surface area contributed by atoms with Crippen LogP contribution in [0.2, 0.25) is 0 Å². The number of nitrogens with zero attached hydrogens (tertiary/aromatic N) is 4. The Balaban J connectivity index is 2.25. The smallest absolute Gasteiger partial charge is 0.165 e. The molecule has 0 aliphatic carbocycles. The van der Waals surface area contributed by atoms with Crippen molar-refractivity contribution < 1.29 is 0 Å². The van der Waals surface area contributed by atoms with Gasteiger partial charge in [-0.3, -0.25) is 0 Å². The molecule has 4 nitrogen and oxygen atoms in total. The summed E-state index contributed by atoms with van der Waals surface area (Å²) in [6.07, 6.45) is 0. The fourth-order valence-corrected chi connectivity index (χ4v) is 2.32. The van der Waals surface area contributed by atoms with E-state index in [-0.39, 0.29) is 5.41 Å². The lowest BCUT2D eigenvalue weighted by atomic mass is 9.95. The largest absolute Gasteiger partial charge is 0.212 e. The summed E-state index contributed by atoms with van der Waals surface area (Å²) in [5, 5.41) is 9.37. The summed E-state index contributed by atoms with van der Waals surface area (Å²) >= 11 is 0. The zero-order valence-electron chi connectivity index (χ0n) is 14.0. The van der Waals surface area contributed by atoms with Crippen LogP contribution < -0.4 is 0 Å². The third-order valence-electron chi connectivity index (χ3n) is 3.63. The first-order chi connectivity index (χ1) is 11.5. The molecule has 0 spiro atoms. The van der Waals surface area contributed by atoms with Crippen LogP contribution in [0, 0.1) is 11.3 Å². The molecule has 0 unspecified atom stereocenters. The lowest BCUT2D eigenvalue weighted by Crippen LogP contribution is -2.18. The lowest BCUT2D eigenvalue weighted by molar-refractivity contribution is 0.543. The molecule has 0 N–H and O–H groups in total. The number of nitriles is 1. The molecule has 0 aliphatic rings. The van der Waals surface area contributed by atoms with Gasteiger partial charge in [-0.2, -0.15) is 5.26 Å². The molecule has 3 aromatic rings. The van der Waals surface area contributed by atoms with Crippen LogP contribution in [0.3, 0.4) is 0 Å². The summed E-state index contributed by atoms with van der Waals surface area (Å²) < 4.78 is 0. The average molecular weight is 314 g/mol. The third kappa shape index (κ3) is 3.16. The molecule has 3 rings (SSSR count). The van der Waals surface area contributed by atoms with Gasteiger partial charge in [0.05, 0.1) is 11.6 Å². The van der Waals surface area contributed by atoms with E-state index in [1.165, 1.54) is 0 Å². The van der Waals surface area contributed by atoms with Crippen LogP contribution in [0.4, 0.5) is 0 Å². The third-order valence-corrected chi connectivity index (χ3v) is 3.63. The Morgan fingerprint density at radius 3 is 2.08 bits per heavy atom. The van der Waals surface area contributed by atoms with E-state index in [4.69, 9.17) is 0 Å². The van der Waals surface area contributed by atoms with Crippen molar-refractivity contribution in [3.8, 4) is 28.8 Å². The van der Waals surface area contributed by atoms with E-state index in [0.29, 0.717) is 23.0 Å². The highest BCUT2D eigenvalue weighted by Gasteiger charge is 2.21. The molecule has 0 saturated carbocycles. The predicted molar refractivity (Wildman–Crippen MR) is 94.1 cm³/mol. The van der Waals surface area contributed by atoms with Gasteiger partial charge < -0.3 is 0 Å². The van der Waals surface area contributed by atoms with Gasteiger partial charge in [0, 0.05) is 16.5 Å². The molecule has 1 heterocycles. The minimum absolute atomic E-state index is 0.219. The number of rotatable bonds is 2. The quantitative estimate of drug-likeness (QED) is 0.704. The topological polar surface area (TPSA) is 62.5 Å². The molecule has 2 aromatic carbocycles. The van der Waals surface area contributed by atoms with Crippen molar-refractivity contribution in [2.75, 3.05) is 0 Å². The summed E-state index contributed by atoms with van der Waals surface area (Å²) in [5.41, 5.74) is 2.00. The lowest BCUT2D eigenvalue weighted by Gasteiger charge is -2.18. The highest BCUT2D eigenvalue weighted by atomic mass is 15.0. The van der Waals surface area contributed by atoms with Gasteiger partial charge >= 0.3 is 0 Å². The molecular formula is C20H18N4. The fourth-order valence-electron chi connectivity index (χ4n) is 2.32. The predicted octanol–water partition coefficient (Wildman–Crippen LogP) is 4.37. The minimum Gasteiger partial charge on any atom is -0.212 e. The Bertz CT molecular complexity index is 903. The van der Waals surface area contributed by atoms with Gasteiger partial charge in [-0.05, 0) is 12.1 Å². The normalized spacial score (nSPS) is 11.1. The van der Waals surface area contributed by atoms with E-state index in [0.717, 1.165) is 11.1 Å². The van der Waals surface area contributed by atoms with E-state index < -0.39 is 0 Å². The fraction of sp³-hybridized carbons (Fsp3) is 0.200. The summed E-state index contributed by atoms with van der Waals surface area (Å²) in [7, 11) is 0. The summed E-state index contributed by atoms with van der Waals surface area (Å²) in [5.74, 6) is 1.86. The highest BCUT2D eigenvalue weighted by Crippen LogP contribution is 2.26. The molecule has 0 radical (unpaired) electrons. The maximum absolute atomic E-state index is 9.37. The van der Waals surface area contributed by atoms with E-state index >= 15 is 0 Å². The molecule has 24 heavy (non-hydrogen) atoms. The maximum Gasteiger partial charge on any atom is 0.165 e. The first kappa shape index (κ1) is 15.8. The molecule has 0 saturated heterocycles. The standard InChI is InChI=1S/C20H18N4/c1-20(2,3)19-23-17(14-9-5-4-6-10-14)22-18(24-19)16-12-8-7-11-15(16)13-21/h4-12H,1-3H3. The molecule has 0 atom stereocenters. The van der Waals surface area contributed by atoms with E-state index in [9.17, 15) is 5.26 Å². The monoisotopic (exact) mass is 314 g/mol. The van der Waals surface area contributed by atoms with Crippen molar-refractivity contribution in [1.82, 2.24) is 15.0 Å². The SMILES string of the molecule is CC(C)(C)c1nc(-c2ccccc2)nc(-c2ccccc2C#N)n1. The number of hydrogen-bond donors (Lipinski definition) is 0. The van der Waals surface area contributed by atoms with Gasteiger partial charge in [0.15, 0.2) is 11.6 Å². The van der Waals surface area contributed by atoms with Crippen molar-refractivity contribution in [3.63, 3.8) is 0 Å². The molecular weight excluding hydrogens is 296 g/mol. The second kappa shape index (κ2) is 6.21. The van der Waals surface area contributed by atoms with Crippen LogP contribution in [0.25, 0.3) is 22.8 Å². The highest BCUT2D eigenvalue weighted by molar-refractivity contribution is 5.66. The van der Waals surface area contributed by atoms with Crippen LogP contribution >= 0.6 is 0 Å². The van der Waals surface area contributed by atoms with Crippen molar-refractivity contribution in [2.24, 2.45) is 0 Å². The summed E-state index contributed by atoms with van der Waals surface area (Å²) in [6.45, 7) is 6.20. The van der Waals surface area contributed by atoms with E-state index in [1.54, 1.807) is 6.07 Å². The zero-order chi connectivity index (χ0) is 17.2. The number of aromatic nitrogens is 3. The van der Waals surface area contributed by atoms with Gasteiger partial charge in [0.1, 0.15) is 5.82 Å². The van der Waals surface area contributed by atoms with Gasteiger partial charge in [0.2, 0.25) is 0 Å². The van der Waals surface area contributed by atoms with E-state index in [2.05, 4.69) is 41.8 Å². The Kier molecular flexibility index (Phi) is 4.09. The van der Waals surface area contributed by atoms with Crippen LogP contribution in [-0.2, 0) is 5.41 Å². The van der Waals surface area contributed by atoms with Crippen LogP contribution in [0.1, 0.15) is 32.2 Å². The molecule has 0 fully saturated rings. The maximum atomic E-state index is 9.37. The van der Waals surface area contributed by atoms with Crippen molar-refractivity contribution in [3.05, 3.63) is 66.0 Å². The number of benzene rings is 2. The van der Waals surface area contributed by atoms with Crippen molar-refractivity contribution in [2.45, 2.75) is 26.2 Å². The van der Waals surface area contributed by atoms with Gasteiger partial charge in [-0.25, -0.2) is 15.0 Å². The minimum atomic E-state index is -0.219. The number of hydrogen-bond acceptors (Lipinski definition) is 4. The summed E-state index contributed by atoms with van der Waals surface area (Å²) in [6, 6.07) is 19.4. The van der Waals surface area contributed by atoms with Gasteiger partial charge in [-0.1, -0.05) is 63.2 Å². The Hall–Kier alpha value is -3.06. The van der Waals surface area contributed by atoms with E-state index in [1.807, 2.05) is 48.5 Å². The first-order valence-electron chi connectivity index (χ1n) is 7.80. The van der Waals surface area contributed by atoms with Crippen LogP contribution in [0.15, 0.2) is 54.6 Å². The second-order valence-electron chi connectivity index (χ2n) is 6.58. The molecule has 4 heteroatoms. The average Bonchev–Trinajstić information content (AvgIpc) is 2.61. The van der Waals surface area contributed by atoms with Crippen molar-refractivity contribution in [1.29, 1.82) is 5.26 Å². The van der Waals surface area contributed by atoms with Crippen LogP contribution in [-0.4, -0.2) is 15.0 Å². The Morgan fingerprint density at radius 1 is 0.792 bits per heavy atom. The summed E-state index contributed by atoms with van der Waals surface area (Å²) in [4.78, 5) is 13.9. The Morgan fingerprint density at radius 2 is 1.42 bits per heavy atom. The molecule has 118 valence electrons. The Labute approximate surface area is 141 Å². The van der Waals surface area contributed by atoms with Crippen LogP contribution in [0.5, 0.6) is 0 Å². The van der Waals surface area contributed by atoms with Crippen molar-refractivity contribution >= 4 is 0 Å². The molecule has 0 bridgehead atoms. The van der Waals surface area contributed by atoms with Gasteiger partial charge in [-0.15, -0.1) is 0 Å². The molecule has 1 aromatic heterocycles. The first-order valence-corrected chi connectivity index (χ1v) is 7.80. The second-order valence-corrected chi connectivity index (χ2v) is 6.58.